The Hall–Kier alpha value is -2.43. The number of carboxylic acid groups (broad SMARTS) is 1. The van der Waals surface area contributed by atoms with Crippen molar-refractivity contribution >= 4 is 17.3 Å². The van der Waals surface area contributed by atoms with E-state index in [1.54, 1.807) is 0 Å². The first-order chi connectivity index (χ1) is 9.49. The van der Waals surface area contributed by atoms with Gasteiger partial charge >= 0.3 is 5.97 Å². The van der Waals surface area contributed by atoms with Gasteiger partial charge in [-0.3, -0.25) is 0 Å². The van der Waals surface area contributed by atoms with Crippen LogP contribution in [0.4, 0.5) is 11.4 Å². The quantitative estimate of drug-likeness (QED) is 0.891. The molecule has 5 nitrogen and oxygen atoms in total. The van der Waals surface area contributed by atoms with Crippen LogP contribution in [0.25, 0.3) is 0 Å². The highest BCUT2D eigenvalue weighted by molar-refractivity contribution is 5.92. The Bertz CT molecular complexity index is 639. The van der Waals surface area contributed by atoms with Crippen molar-refractivity contribution in [1.82, 2.24) is 9.97 Å². The van der Waals surface area contributed by atoms with Gasteiger partial charge in [0.1, 0.15) is 5.82 Å². The summed E-state index contributed by atoms with van der Waals surface area (Å²) in [6, 6.07) is 7.65. The molecule has 0 aliphatic rings. The van der Waals surface area contributed by atoms with Gasteiger partial charge in [0.25, 0.3) is 0 Å². The third-order valence-corrected chi connectivity index (χ3v) is 2.94. The molecule has 0 saturated carbocycles. The van der Waals surface area contributed by atoms with Crippen LogP contribution < -0.4 is 5.32 Å². The Balaban J connectivity index is 2.41. The molecule has 1 aromatic heterocycles. The minimum absolute atomic E-state index is 0.00745. The maximum Gasteiger partial charge on any atom is 0.356 e. The number of nitrogens with one attached hydrogen (secondary N) is 1. The second-order valence-corrected chi connectivity index (χ2v) is 4.89. The molecule has 1 aromatic carbocycles. The van der Waals surface area contributed by atoms with Crippen LogP contribution in [0.5, 0.6) is 0 Å². The van der Waals surface area contributed by atoms with Gasteiger partial charge in [-0.05, 0) is 18.6 Å². The number of carboxylic acids is 1. The Morgan fingerprint density at radius 1 is 1.25 bits per heavy atom. The smallest absolute Gasteiger partial charge is 0.356 e. The summed E-state index contributed by atoms with van der Waals surface area (Å²) >= 11 is 0. The molecule has 0 unspecified atom stereocenters. The van der Waals surface area contributed by atoms with Crippen molar-refractivity contribution in [3.05, 3.63) is 47.5 Å². The normalized spacial score (nSPS) is 10.6. The molecule has 0 radical (unpaired) electrons. The molecule has 5 heteroatoms. The molecule has 0 fully saturated rings. The number of anilines is 2. The number of aromatic carboxylic acids is 1. The Morgan fingerprint density at radius 3 is 2.55 bits per heavy atom. The second-order valence-electron chi connectivity index (χ2n) is 4.89. The highest BCUT2D eigenvalue weighted by atomic mass is 16.4. The van der Waals surface area contributed by atoms with Crippen molar-refractivity contribution in [2.45, 2.75) is 26.7 Å². The van der Waals surface area contributed by atoms with Crippen LogP contribution >= 0.6 is 0 Å². The van der Waals surface area contributed by atoms with E-state index in [4.69, 9.17) is 0 Å². The average Bonchev–Trinajstić information content (AvgIpc) is 2.41. The zero-order valence-corrected chi connectivity index (χ0v) is 11.7. The largest absolute Gasteiger partial charge is 0.476 e. The van der Waals surface area contributed by atoms with E-state index < -0.39 is 5.97 Å². The molecule has 0 aliphatic heterocycles. The maximum atomic E-state index is 11.3. The van der Waals surface area contributed by atoms with Crippen LogP contribution in [0.1, 0.15) is 41.6 Å². The summed E-state index contributed by atoms with van der Waals surface area (Å²) in [7, 11) is 0. The van der Waals surface area contributed by atoms with E-state index in [1.807, 2.05) is 45.0 Å². The fourth-order valence-electron chi connectivity index (χ4n) is 1.79. The van der Waals surface area contributed by atoms with Crippen LogP contribution in [-0.4, -0.2) is 21.0 Å². The van der Waals surface area contributed by atoms with E-state index in [9.17, 15) is 9.90 Å². The van der Waals surface area contributed by atoms with Crippen molar-refractivity contribution in [3.63, 3.8) is 0 Å². The van der Waals surface area contributed by atoms with Gasteiger partial charge in [0.15, 0.2) is 5.69 Å². The van der Waals surface area contributed by atoms with Crippen LogP contribution in [0.3, 0.4) is 0 Å². The van der Waals surface area contributed by atoms with Crippen molar-refractivity contribution in [3.8, 4) is 0 Å². The fraction of sp³-hybridized carbons (Fsp3) is 0.267. The molecule has 0 saturated heterocycles. The molecule has 0 amide bonds. The highest BCUT2D eigenvalue weighted by Gasteiger charge is 2.16. The summed E-state index contributed by atoms with van der Waals surface area (Å²) < 4.78 is 0. The van der Waals surface area contributed by atoms with Gasteiger partial charge < -0.3 is 10.4 Å². The lowest BCUT2D eigenvalue weighted by Gasteiger charge is -2.12. The Morgan fingerprint density at radius 2 is 1.95 bits per heavy atom. The summed E-state index contributed by atoms with van der Waals surface area (Å²) in [6.07, 6.45) is 1.53. The Kier molecular flexibility index (Phi) is 3.98. The van der Waals surface area contributed by atoms with E-state index >= 15 is 0 Å². The minimum atomic E-state index is -1.06. The molecule has 0 spiro atoms. The average molecular weight is 271 g/mol. The topological polar surface area (TPSA) is 75.1 Å². The first-order valence-corrected chi connectivity index (χ1v) is 6.42. The maximum absolute atomic E-state index is 11.3. The zero-order valence-electron chi connectivity index (χ0n) is 11.7. The number of aromatic nitrogens is 2. The lowest BCUT2D eigenvalue weighted by Crippen LogP contribution is -2.10. The lowest BCUT2D eigenvalue weighted by molar-refractivity contribution is 0.0691. The summed E-state index contributed by atoms with van der Waals surface area (Å²) in [5.41, 5.74) is 2.26. The molecular formula is C15H17N3O2. The molecule has 2 rings (SSSR count). The first kappa shape index (κ1) is 14.0. The van der Waals surface area contributed by atoms with Crippen molar-refractivity contribution < 1.29 is 9.90 Å². The van der Waals surface area contributed by atoms with E-state index in [-0.39, 0.29) is 11.6 Å². The number of nitrogens with zero attached hydrogens (tertiary/aromatic N) is 2. The van der Waals surface area contributed by atoms with E-state index in [0.29, 0.717) is 11.5 Å². The van der Waals surface area contributed by atoms with Gasteiger partial charge in [0, 0.05) is 11.6 Å². The number of rotatable bonds is 4. The standard InChI is InChI=1S/C15H17N3O2/c1-9(2)14-16-8-12(13(18-14)15(19)20)17-11-7-5-4-6-10(11)3/h4-9,17H,1-3H3,(H,19,20). The van der Waals surface area contributed by atoms with Gasteiger partial charge in [-0.1, -0.05) is 32.0 Å². The van der Waals surface area contributed by atoms with Crippen molar-refractivity contribution in [2.24, 2.45) is 0 Å². The van der Waals surface area contributed by atoms with Crippen molar-refractivity contribution in [1.29, 1.82) is 0 Å². The minimum Gasteiger partial charge on any atom is -0.476 e. The number of hydrogen-bond donors (Lipinski definition) is 2. The van der Waals surface area contributed by atoms with Gasteiger partial charge in [-0.25, -0.2) is 14.8 Å². The van der Waals surface area contributed by atoms with Crippen LogP contribution in [0, 0.1) is 6.92 Å². The van der Waals surface area contributed by atoms with E-state index in [1.165, 1.54) is 6.20 Å². The van der Waals surface area contributed by atoms with Crippen molar-refractivity contribution in [2.75, 3.05) is 5.32 Å². The molecule has 20 heavy (non-hydrogen) atoms. The predicted molar refractivity (Wildman–Crippen MR) is 77.5 cm³/mol. The van der Waals surface area contributed by atoms with Gasteiger partial charge in [-0.15, -0.1) is 0 Å². The number of benzene rings is 1. The Labute approximate surface area is 117 Å². The molecule has 0 bridgehead atoms. The summed E-state index contributed by atoms with van der Waals surface area (Å²) in [4.78, 5) is 19.7. The van der Waals surface area contributed by atoms with E-state index in [0.717, 1.165) is 11.3 Å². The summed E-state index contributed by atoms with van der Waals surface area (Å²) in [6.45, 7) is 5.80. The molecule has 2 N–H and O–H groups in total. The predicted octanol–water partition coefficient (Wildman–Crippen LogP) is 3.35. The third kappa shape index (κ3) is 2.93. The number of carbonyl (C=O) groups is 1. The summed E-state index contributed by atoms with van der Waals surface area (Å²) in [5, 5.41) is 12.4. The van der Waals surface area contributed by atoms with Crippen LogP contribution in [-0.2, 0) is 0 Å². The highest BCUT2D eigenvalue weighted by Crippen LogP contribution is 2.23. The molecular weight excluding hydrogens is 254 g/mol. The van der Waals surface area contributed by atoms with E-state index in [2.05, 4.69) is 15.3 Å². The van der Waals surface area contributed by atoms with Gasteiger partial charge in [-0.2, -0.15) is 0 Å². The molecule has 0 atom stereocenters. The third-order valence-electron chi connectivity index (χ3n) is 2.94. The molecule has 104 valence electrons. The zero-order chi connectivity index (χ0) is 14.7. The number of aryl methyl sites for hydroxylation is 1. The second kappa shape index (κ2) is 5.69. The molecule has 2 aromatic rings. The lowest BCUT2D eigenvalue weighted by atomic mass is 10.2. The first-order valence-electron chi connectivity index (χ1n) is 6.42. The van der Waals surface area contributed by atoms with Gasteiger partial charge in [0.05, 0.1) is 11.9 Å². The summed E-state index contributed by atoms with van der Waals surface area (Å²) in [5.74, 6) is -0.455. The number of para-hydroxylation sites is 1. The van der Waals surface area contributed by atoms with Gasteiger partial charge in [0.2, 0.25) is 0 Å². The molecule has 1 heterocycles. The monoisotopic (exact) mass is 271 g/mol. The van der Waals surface area contributed by atoms with Crippen LogP contribution in [0.15, 0.2) is 30.5 Å². The SMILES string of the molecule is Cc1ccccc1Nc1cnc(C(C)C)nc1C(=O)O. The van der Waals surface area contributed by atoms with Crippen LogP contribution in [0.2, 0.25) is 0 Å². The number of hydrogen-bond acceptors (Lipinski definition) is 4. The fourth-order valence-corrected chi connectivity index (χ4v) is 1.79. The molecule has 0 aliphatic carbocycles.